The number of amides is 2. The van der Waals surface area contributed by atoms with Crippen LogP contribution in [0.15, 0.2) is 78.9 Å². The Morgan fingerprint density at radius 2 is 1.50 bits per heavy atom. The maximum absolute atomic E-state index is 13.7. The number of aryl methyl sites for hydroxylation is 2. The van der Waals surface area contributed by atoms with E-state index >= 15 is 0 Å². The smallest absolute Gasteiger partial charge is 0.243 e. The molecular formula is C30H36N2O2. The van der Waals surface area contributed by atoms with Crippen molar-refractivity contribution < 1.29 is 9.59 Å². The summed E-state index contributed by atoms with van der Waals surface area (Å²) in [6.45, 7) is 8.50. The van der Waals surface area contributed by atoms with Crippen molar-refractivity contribution >= 4 is 11.8 Å². The van der Waals surface area contributed by atoms with Crippen LogP contribution in [-0.2, 0) is 29.0 Å². The fourth-order valence-corrected chi connectivity index (χ4v) is 3.98. The molecule has 0 radical (unpaired) electrons. The molecule has 4 heteroatoms. The number of rotatable bonds is 10. The van der Waals surface area contributed by atoms with E-state index < -0.39 is 6.04 Å². The van der Waals surface area contributed by atoms with Crippen LogP contribution >= 0.6 is 0 Å². The second-order valence-corrected chi connectivity index (χ2v) is 9.20. The third-order valence-electron chi connectivity index (χ3n) is 6.18. The summed E-state index contributed by atoms with van der Waals surface area (Å²) in [7, 11) is 0. The van der Waals surface area contributed by atoms with Crippen LogP contribution in [0, 0.1) is 13.8 Å². The normalized spacial score (nSPS) is 12.6. The van der Waals surface area contributed by atoms with Crippen molar-refractivity contribution in [2.24, 2.45) is 0 Å². The fourth-order valence-electron chi connectivity index (χ4n) is 3.98. The quantitative estimate of drug-likeness (QED) is 0.444. The van der Waals surface area contributed by atoms with E-state index in [2.05, 4.69) is 11.4 Å². The van der Waals surface area contributed by atoms with Crippen LogP contribution in [0.3, 0.4) is 0 Å². The Balaban J connectivity index is 1.96. The zero-order chi connectivity index (χ0) is 24.5. The molecule has 0 heterocycles. The average Bonchev–Trinajstić information content (AvgIpc) is 2.83. The minimum Gasteiger partial charge on any atom is -0.352 e. The van der Waals surface area contributed by atoms with Gasteiger partial charge in [0.15, 0.2) is 0 Å². The molecule has 0 fully saturated rings. The van der Waals surface area contributed by atoms with Gasteiger partial charge in [-0.2, -0.15) is 0 Å². The Morgan fingerprint density at radius 1 is 0.824 bits per heavy atom. The molecule has 4 nitrogen and oxygen atoms in total. The molecule has 0 bridgehead atoms. The molecule has 3 aromatic rings. The van der Waals surface area contributed by atoms with Crippen molar-refractivity contribution in [2.45, 2.75) is 65.6 Å². The summed E-state index contributed by atoms with van der Waals surface area (Å²) in [4.78, 5) is 29.0. The Labute approximate surface area is 204 Å². The number of carbonyl (C=O) groups excluding carboxylic acids is 2. The molecule has 2 atom stereocenters. The summed E-state index contributed by atoms with van der Waals surface area (Å²) < 4.78 is 0. The minimum absolute atomic E-state index is 0.0405. The van der Waals surface area contributed by atoms with Gasteiger partial charge in [0.2, 0.25) is 11.8 Å². The van der Waals surface area contributed by atoms with Crippen LogP contribution in [0.2, 0.25) is 0 Å². The summed E-state index contributed by atoms with van der Waals surface area (Å²) in [6.07, 6.45) is 1.56. The van der Waals surface area contributed by atoms with Crippen molar-refractivity contribution in [1.29, 1.82) is 0 Å². The maximum atomic E-state index is 13.7. The van der Waals surface area contributed by atoms with Crippen molar-refractivity contribution in [3.8, 4) is 0 Å². The van der Waals surface area contributed by atoms with E-state index in [1.54, 1.807) is 4.90 Å². The molecule has 0 aliphatic heterocycles. The van der Waals surface area contributed by atoms with E-state index in [4.69, 9.17) is 0 Å². The van der Waals surface area contributed by atoms with Gasteiger partial charge in [0.1, 0.15) is 6.04 Å². The van der Waals surface area contributed by atoms with Gasteiger partial charge in [-0.05, 0) is 43.9 Å². The van der Waals surface area contributed by atoms with Gasteiger partial charge in [-0.3, -0.25) is 9.59 Å². The maximum Gasteiger partial charge on any atom is 0.243 e. The van der Waals surface area contributed by atoms with Crippen LogP contribution in [-0.4, -0.2) is 28.8 Å². The van der Waals surface area contributed by atoms with Gasteiger partial charge in [-0.15, -0.1) is 0 Å². The summed E-state index contributed by atoms with van der Waals surface area (Å²) in [6, 6.07) is 25.5. The summed E-state index contributed by atoms with van der Waals surface area (Å²) in [5, 5.41) is 3.12. The molecule has 2 amide bonds. The first-order chi connectivity index (χ1) is 16.4. The zero-order valence-corrected chi connectivity index (χ0v) is 20.8. The molecular weight excluding hydrogens is 420 g/mol. The first-order valence-electron chi connectivity index (χ1n) is 12.1. The van der Waals surface area contributed by atoms with E-state index in [1.807, 2.05) is 100 Å². The second-order valence-electron chi connectivity index (χ2n) is 9.20. The third-order valence-corrected chi connectivity index (χ3v) is 6.18. The summed E-state index contributed by atoms with van der Waals surface area (Å²) in [5.74, 6) is -0.159. The first-order valence-corrected chi connectivity index (χ1v) is 12.1. The zero-order valence-electron chi connectivity index (χ0n) is 20.8. The molecule has 0 saturated carbocycles. The average molecular weight is 457 g/mol. The third kappa shape index (κ3) is 7.31. The molecule has 34 heavy (non-hydrogen) atoms. The number of nitrogens with one attached hydrogen (secondary N) is 1. The number of carbonyl (C=O) groups is 2. The lowest BCUT2D eigenvalue weighted by atomic mass is 10.0. The van der Waals surface area contributed by atoms with Gasteiger partial charge in [0.05, 0.1) is 6.42 Å². The van der Waals surface area contributed by atoms with Gasteiger partial charge in [0.25, 0.3) is 0 Å². The molecule has 0 aliphatic carbocycles. The molecule has 3 aromatic carbocycles. The number of benzene rings is 3. The molecule has 1 N–H and O–H groups in total. The summed E-state index contributed by atoms with van der Waals surface area (Å²) in [5.41, 5.74) is 5.29. The molecule has 0 spiro atoms. The van der Waals surface area contributed by atoms with E-state index in [0.29, 0.717) is 13.0 Å². The van der Waals surface area contributed by atoms with Gasteiger partial charge in [-0.25, -0.2) is 0 Å². The van der Waals surface area contributed by atoms with Crippen molar-refractivity contribution in [3.05, 3.63) is 107 Å². The number of hydrogen-bond donors (Lipinski definition) is 1. The monoisotopic (exact) mass is 456 g/mol. The SMILES string of the molecule is CC[C@H](C)NC(=O)[C@H](Cc1ccccc1)N(Cc1cccc(C)c1)C(=O)Cc1ccc(C)cc1. The van der Waals surface area contributed by atoms with Gasteiger partial charge in [-0.1, -0.05) is 96.9 Å². The highest BCUT2D eigenvalue weighted by Crippen LogP contribution is 2.18. The molecule has 3 rings (SSSR count). The molecule has 0 saturated heterocycles. The van der Waals surface area contributed by atoms with E-state index in [1.165, 1.54) is 0 Å². The summed E-state index contributed by atoms with van der Waals surface area (Å²) >= 11 is 0. The molecule has 0 aromatic heterocycles. The van der Waals surface area contributed by atoms with Gasteiger partial charge < -0.3 is 10.2 Å². The Morgan fingerprint density at radius 3 is 2.15 bits per heavy atom. The van der Waals surface area contributed by atoms with Crippen LogP contribution in [0.1, 0.15) is 48.1 Å². The Hall–Kier alpha value is -3.40. The van der Waals surface area contributed by atoms with Crippen LogP contribution < -0.4 is 5.32 Å². The Bertz CT molecular complexity index is 1080. The molecule has 0 unspecified atom stereocenters. The topological polar surface area (TPSA) is 49.4 Å². The van der Waals surface area contributed by atoms with Crippen molar-refractivity contribution in [2.75, 3.05) is 0 Å². The standard InChI is InChI=1S/C30H36N2O2/c1-5-24(4)31-30(34)28(19-25-11-7-6-8-12-25)32(21-27-13-9-10-23(3)18-27)29(33)20-26-16-14-22(2)15-17-26/h6-18,24,28H,5,19-21H2,1-4H3,(H,31,34)/t24-,28-/m0/s1. The number of hydrogen-bond acceptors (Lipinski definition) is 2. The van der Waals surface area contributed by atoms with Gasteiger partial charge >= 0.3 is 0 Å². The largest absolute Gasteiger partial charge is 0.352 e. The lowest BCUT2D eigenvalue weighted by Gasteiger charge is -2.32. The first kappa shape index (κ1) is 25.2. The highest BCUT2D eigenvalue weighted by atomic mass is 16.2. The van der Waals surface area contributed by atoms with Crippen LogP contribution in [0.25, 0.3) is 0 Å². The minimum atomic E-state index is -0.602. The molecule has 178 valence electrons. The predicted molar refractivity (Wildman–Crippen MR) is 138 cm³/mol. The highest BCUT2D eigenvalue weighted by Gasteiger charge is 2.31. The predicted octanol–water partition coefficient (Wildman–Crippen LogP) is 5.40. The number of nitrogens with zero attached hydrogens (tertiary/aromatic N) is 1. The Kier molecular flexibility index (Phi) is 9.03. The molecule has 0 aliphatic rings. The van der Waals surface area contributed by atoms with E-state index in [0.717, 1.165) is 34.2 Å². The fraction of sp³-hybridized carbons (Fsp3) is 0.333. The van der Waals surface area contributed by atoms with Crippen LogP contribution in [0.4, 0.5) is 0 Å². The van der Waals surface area contributed by atoms with Crippen molar-refractivity contribution in [3.63, 3.8) is 0 Å². The lowest BCUT2D eigenvalue weighted by Crippen LogP contribution is -2.52. The van der Waals surface area contributed by atoms with Crippen LogP contribution in [0.5, 0.6) is 0 Å². The van der Waals surface area contributed by atoms with E-state index in [9.17, 15) is 9.59 Å². The second kappa shape index (κ2) is 12.2. The van der Waals surface area contributed by atoms with E-state index in [-0.39, 0.29) is 24.3 Å². The van der Waals surface area contributed by atoms with Crippen molar-refractivity contribution in [1.82, 2.24) is 10.2 Å². The van der Waals surface area contributed by atoms with Gasteiger partial charge in [0, 0.05) is 19.0 Å². The highest BCUT2D eigenvalue weighted by molar-refractivity contribution is 5.89. The lowest BCUT2D eigenvalue weighted by molar-refractivity contribution is -0.141.